The van der Waals surface area contributed by atoms with Gasteiger partial charge in [0.05, 0.1) is 13.2 Å². The van der Waals surface area contributed by atoms with E-state index in [9.17, 15) is 0 Å². The smallest absolute Gasteiger partial charge is 0.168 e. The fourth-order valence-corrected chi connectivity index (χ4v) is 2.29. The van der Waals surface area contributed by atoms with Crippen LogP contribution in [0, 0.1) is 0 Å². The number of nitrogen functional groups attached to an aromatic ring is 1. The van der Waals surface area contributed by atoms with Crippen molar-refractivity contribution in [2.45, 2.75) is 13.8 Å². The van der Waals surface area contributed by atoms with Gasteiger partial charge >= 0.3 is 0 Å². The molecule has 2 aromatic heterocycles. The molecule has 0 saturated heterocycles. The number of ether oxygens (including phenoxy) is 2. The lowest BCUT2D eigenvalue weighted by molar-refractivity contribution is 0.288. The molecule has 0 fully saturated rings. The van der Waals surface area contributed by atoms with Crippen molar-refractivity contribution in [2.24, 2.45) is 0 Å². The van der Waals surface area contributed by atoms with Crippen molar-refractivity contribution in [1.29, 1.82) is 0 Å². The third-order valence-electron chi connectivity index (χ3n) is 3.23. The Balaban J connectivity index is 2.10. The van der Waals surface area contributed by atoms with Crippen LogP contribution in [0.1, 0.15) is 13.8 Å². The van der Waals surface area contributed by atoms with Crippen LogP contribution in [0.5, 0.6) is 11.5 Å². The zero-order chi connectivity index (χ0) is 15.5. The fourth-order valence-electron chi connectivity index (χ4n) is 2.29. The van der Waals surface area contributed by atoms with Crippen LogP contribution in [0.25, 0.3) is 17.0 Å². The molecular weight excluding hydrogens is 280 g/mol. The molecule has 22 heavy (non-hydrogen) atoms. The van der Waals surface area contributed by atoms with Crippen molar-refractivity contribution in [3.8, 4) is 22.9 Å². The van der Waals surface area contributed by atoms with Gasteiger partial charge in [-0.15, -0.1) is 10.2 Å². The molecule has 2 heterocycles. The summed E-state index contributed by atoms with van der Waals surface area (Å²) in [5.74, 6) is 2.13. The van der Waals surface area contributed by atoms with E-state index in [0.29, 0.717) is 30.5 Å². The van der Waals surface area contributed by atoms with Crippen molar-refractivity contribution < 1.29 is 9.47 Å². The van der Waals surface area contributed by atoms with Crippen LogP contribution in [0.4, 0.5) is 5.69 Å². The van der Waals surface area contributed by atoms with Crippen LogP contribution in [0.3, 0.4) is 0 Å². The molecule has 114 valence electrons. The van der Waals surface area contributed by atoms with Crippen molar-refractivity contribution in [3.05, 3.63) is 36.5 Å². The minimum atomic E-state index is 0.567. The molecule has 6 heteroatoms. The molecule has 2 N–H and O–H groups in total. The Bertz CT molecular complexity index is 798. The number of hydrogen-bond donors (Lipinski definition) is 1. The van der Waals surface area contributed by atoms with Crippen LogP contribution in [-0.4, -0.2) is 27.8 Å². The Morgan fingerprint density at radius 1 is 1.00 bits per heavy atom. The van der Waals surface area contributed by atoms with E-state index in [2.05, 4.69) is 10.2 Å². The van der Waals surface area contributed by atoms with Crippen LogP contribution < -0.4 is 15.2 Å². The SMILES string of the molecule is CCOc1ccc(-c2nnc3ccc(N)cn23)cc1OCC. The van der Waals surface area contributed by atoms with Crippen molar-refractivity contribution in [1.82, 2.24) is 14.6 Å². The van der Waals surface area contributed by atoms with Crippen LogP contribution in [-0.2, 0) is 0 Å². The number of hydrogen-bond acceptors (Lipinski definition) is 5. The maximum absolute atomic E-state index is 5.85. The van der Waals surface area contributed by atoms with Gasteiger partial charge < -0.3 is 15.2 Å². The number of nitrogens with zero attached hydrogens (tertiary/aromatic N) is 3. The van der Waals surface area contributed by atoms with E-state index in [1.54, 1.807) is 6.07 Å². The normalized spacial score (nSPS) is 10.8. The van der Waals surface area contributed by atoms with Crippen LogP contribution in [0.2, 0.25) is 0 Å². The highest BCUT2D eigenvalue weighted by molar-refractivity contribution is 5.64. The minimum Gasteiger partial charge on any atom is -0.490 e. The van der Waals surface area contributed by atoms with Gasteiger partial charge in [-0.3, -0.25) is 4.40 Å². The lowest BCUT2D eigenvalue weighted by Crippen LogP contribution is -1.99. The lowest BCUT2D eigenvalue weighted by atomic mass is 10.2. The number of pyridine rings is 1. The molecule has 1 aromatic carbocycles. The summed E-state index contributed by atoms with van der Waals surface area (Å²) >= 11 is 0. The second-order valence-electron chi connectivity index (χ2n) is 4.74. The molecule has 0 aliphatic heterocycles. The Morgan fingerprint density at radius 3 is 2.55 bits per heavy atom. The molecule has 0 amide bonds. The fraction of sp³-hybridized carbons (Fsp3) is 0.250. The first-order valence-electron chi connectivity index (χ1n) is 7.23. The number of benzene rings is 1. The molecule has 0 aliphatic rings. The number of fused-ring (bicyclic) bond motifs is 1. The molecule has 0 radical (unpaired) electrons. The second kappa shape index (κ2) is 5.93. The Kier molecular flexibility index (Phi) is 3.82. The predicted molar refractivity (Wildman–Crippen MR) is 85.2 cm³/mol. The van der Waals surface area contributed by atoms with Gasteiger partial charge in [-0.25, -0.2) is 0 Å². The average molecular weight is 298 g/mol. The van der Waals surface area contributed by atoms with Crippen LogP contribution in [0.15, 0.2) is 36.5 Å². The van der Waals surface area contributed by atoms with E-state index >= 15 is 0 Å². The highest BCUT2D eigenvalue weighted by Crippen LogP contribution is 2.32. The zero-order valence-corrected chi connectivity index (χ0v) is 12.6. The summed E-state index contributed by atoms with van der Waals surface area (Å²) in [6.45, 7) is 5.04. The maximum atomic E-state index is 5.85. The molecule has 0 unspecified atom stereocenters. The summed E-state index contributed by atoms with van der Waals surface area (Å²) in [7, 11) is 0. The number of aromatic nitrogens is 3. The van der Waals surface area contributed by atoms with Gasteiger partial charge in [0, 0.05) is 17.4 Å². The molecule has 0 atom stereocenters. The highest BCUT2D eigenvalue weighted by atomic mass is 16.5. The van der Waals surface area contributed by atoms with E-state index in [1.807, 2.05) is 48.7 Å². The van der Waals surface area contributed by atoms with E-state index in [1.165, 1.54) is 0 Å². The molecular formula is C16H18N4O2. The third-order valence-corrected chi connectivity index (χ3v) is 3.23. The summed E-state index contributed by atoms with van der Waals surface area (Å²) in [5.41, 5.74) is 8.15. The standard InChI is InChI=1S/C16H18N4O2/c1-3-21-13-7-5-11(9-14(13)22-4-2)16-19-18-15-8-6-12(17)10-20(15)16/h5-10H,3-4,17H2,1-2H3. The maximum Gasteiger partial charge on any atom is 0.168 e. The van der Waals surface area contributed by atoms with Crippen LogP contribution >= 0.6 is 0 Å². The van der Waals surface area contributed by atoms with Crippen molar-refractivity contribution >= 4 is 11.3 Å². The number of anilines is 1. The Hall–Kier alpha value is -2.76. The molecule has 0 spiro atoms. The quantitative estimate of drug-likeness (QED) is 0.784. The lowest BCUT2D eigenvalue weighted by Gasteiger charge is -2.12. The summed E-state index contributed by atoms with van der Waals surface area (Å²) in [5, 5.41) is 8.40. The van der Waals surface area contributed by atoms with Gasteiger partial charge in [-0.05, 0) is 44.2 Å². The van der Waals surface area contributed by atoms with Gasteiger partial charge in [0.15, 0.2) is 23.0 Å². The summed E-state index contributed by atoms with van der Waals surface area (Å²) in [6.07, 6.45) is 1.81. The Morgan fingerprint density at radius 2 is 1.77 bits per heavy atom. The second-order valence-corrected chi connectivity index (χ2v) is 4.74. The molecule has 0 aliphatic carbocycles. The third kappa shape index (κ3) is 2.55. The average Bonchev–Trinajstić information content (AvgIpc) is 2.92. The summed E-state index contributed by atoms with van der Waals surface area (Å²) in [6, 6.07) is 9.37. The van der Waals surface area contributed by atoms with Gasteiger partial charge in [0.2, 0.25) is 0 Å². The molecule has 3 aromatic rings. The van der Waals surface area contributed by atoms with Crippen molar-refractivity contribution in [3.63, 3.8) is 0 Å². The molecule has 0 bridgehead atoms. The summed E-state index contributed by atoms with van der Waals surface area (Å²) in [4.78, 5) is 0. The van der Waals surface area contributed by atoms with Gasteiger partial charge in [-0.2, -0.15) is 0 Å². The van der Waals surface area contributed by atoms with E-state index in [0.717, 1.165) is 17.0 Å². The monoisotopic (exact) mass is 298 g/mol. The predicted octanol–water partition coefficient (Wildman–Crippen LogP) is 2.78. The minimum absolute atomic E-state index is 0.567. The van der Waals surface area contributed by atoms with Crippen molar-refractivity contribution in [2.75, 3.05) is 18.9 Å². The first kappa shape index (κ1) is 14.2. The number of rotatable bonds is 5. The molecule has 0 saturated carbocycles. The van der Waals surface area contributed by atoms with Gasteiger partial charge in [-0.1, -0.05) is 0 Å². The van der Waals surface area contributed by atoms with E-state index < -0.39 is 0 Å². The van der Waals surface area contributed by atoms with E-state index in [4.69, 9.17) is 15.2 Å². The largest absolute Gasteiger partial charge is 0.490 e. The van der Waals surface area contributed by atoms with Gasteiger partial charge in [0.25, 0.3) is 0 Å². The first-order chi connectivity index (χ1) is 10.7. The topological polar surface area (TPSA) is 74.7 Å². The zero-order valence-electron chi connectivity index (χ0n) is 12.6. The van der Waals surface area contributed by atoms with E-state index in [-0.39, 0.29) is 0 Å². The number of nitrogens with two attached hydrogens (primary N) is 1. The van der Waals surface area contributed by atoms with Gasteiger partial charge in [0.1, 0.15) is 0 Å². The Labute approximate surface area is 128 Å². The molecule has 3 rings (SSSR count). The highest BCUT2D eigenvalue weighted by Gasteiger charge is 2.12. The molecule has 6 nitrogen and oxygen atoms in total. The summed E-state index contributed by atoms with van der Waals surface area (Å²) < 4.78 is 13.1. The first-order valence-corrected chi connectivity index (χ1v) is 7.23.